The van der Waals surface area contributed by atoms with Crippen LogP contribution in [0.15, 0.2) is 94.7 Å². The number of unbranched alkanes of at least 4 members (excludes halogenated alkanes) is 12. The fraction of sp³-hybridized carbons (Fsp3) is 0.387. The first-order valence-corrected chi connectivity index (χ1v) is 33.9. The predicted molar refractivity (Wildman–Crippen MR) is 330 cm³/mol. The van der Waals surface area contributed by atoms with Crippen molar-refractivity contribution in [3.63, 3.8) is 0 Å². The number of carbonyl (C=O) groups excluding carboxylic acids is 2. The van der Waals surface area contributed by atoms with Gasteiger partial charge in [-0.25, -0.2) is 0 Å². The van der Waals surface area contributed by atoms with Crippen LogP contribution in [0.5, 0.6) is 0 Å². The lowest BCUT2D eigenvalue weighted by molar-refractivity contribution is -0.117. The van der Waals surface area contributed by atoms with Gasteiger partial charge in [0.2, 0.25) is 0 Å². The lowest BCUT2D eigenvalue weighted by atomic mass is 10.0. The molecule has 0 bridgehead atoms. The molecule has 0 fully saturated rings. The van der Waals surface area contributed by atoms with Crippen molar-refractivity contribution in [1.29, 1.82) is 0 Å². The lowest BCUT2D eigenvalue weighted by Gasteiger charge is -2.04. The van der Waals surface area contributed by atoms with Crippen molar-refractivity contribution in [3.05, 3.63) is 127 Å². The molecular weight excluding hydrogens is 1060 g/mol. The quantitative estimate of drug-likeness (QED) is 0.0480. The first-order valence-electron chi connectivity index (χ1n) is 27.3. The van der Waals surface area contributed by atoms with E-state index in [0.29, 0.717) is 22.5 Å². The molecule has 0 radical (unpaired) electrons. The summed E-state index contributed by atoms with van der Waals surface area (Å²) in [6, 6.07) is 27.5. The third kappa shape index (κ3) is 11.9. The van der Waals surface area contributed by atoms with Gasteiger partial charge in [-0.2, -0.15) is 0 Å². The molecule has 12 heteroatoms. The lowest BCUT2D eigenvalue weighted by Crippen LogP contribution is -2.20. The molecule has 74 heavy (non-hydrogen) atoms. The Morgan fingerprint density at radius 3 is 0.973 bits per heavy atom. The zero-order chi connectivity index (χ0) is 51.0. The van der Waals surface area contributed by atoms with Crippen LogP contribution in [0, 0.1) is 0 Å². The molecule has 2 aliphatic rings. The standard InChI is InChI=1S/C62H68N2O2S8/c1-5-9-13-17-21-39-33-35-67-57(39)47-29-25-43(69-47)45-27-31-49(71-45)59-41(23-19-15-11-7-3)37-51(73-59)55-53-54(62(66)63-55)56(64-61(53)65)52-38-42(24-20-16-12-8-4)60(74-52)50-32-28-46(72-50)44-26-30-48(70-44)58-40(34-36-68-58)22-18-14-10-6-2/h25-38H,5-24H2,1-4H3,(H,63,66)(H,64,65). The number of hydrogen-bond donors (Lipinski definition) is 2. The largest absolute Gasteiger partial charge is 0.320 e. The van der Waals surface area contributed by atoms with Gasteiger partial charge in [0, 0.05) is 58.5 Å². The van der Waals surface area contributed by atoms with Gasteiger partial charge in [-0.15, -0.1) is 90.7 Å². The monoisotopic (exact) mass is 1130 g/mol. The van der Waals surface area contributed by atoms with Crippen LogP contribution in [0.4, 0.5) is 0 Å². The van der Waals surface area contributed by atoms with E-state index in [9.17, 15) is 9.59 Å². The van der Waals surface area contributed by atoms with Gasteiger partial charge in [0.15, 0.2) is 0 Å². The molecule has 0 spiro atoms. The van der Waals surface area contributed by atoms with Gasteiger partial charge in [0.1, 0.15) is 0 Å². The number of aryl methyl sites for hydroxylation is 4. The third-order valence-corrected chi connectivity index (χ3v) is 24.0. The van der Waals surface area contributed by atoms with Crippen molar-refractivity contribution in [2.45, 2.75) is 156 Å². The van der Waals surface area contributed by atoms with Crippen LogP contribution in [0.25, 0.3) is 69.9 Å². The highest BCUT2D eigenvalue weighted by Crippen LogP contribution is 2.50. The van der Waals surface area contributed by atoms with Crippen molar-refractivity contribution in [1.82, 2.24) is 10.6 Å². The van der Waals surface area contributed by atoms with E-state index in [0.717, 1.165) is 48.3 Å². The Morgan fingerprint density at radius 2 is 0.635 bits per heavy atom. The minimum absolute atomic E-state index is 0.203. The van der Waals surface area contributed by atoms with Crippen LogP contribution >= 0.6 is 90.7 Å². The number of thiophene rings is 8. The molecule has 0 unspecified atom stereocenters. The van der Waals surface area contributed by atoms with Gasteiger partial charge in [-0.1, -0.05) is 105 Å². The molecule has 2 N–H and O–H groups in total. The Balaban J connectivity index is 0.933. The van der Waals surface area contributed by atoms with Crippen molar-refractivity contribution >= 4 is 114 Å². The van der Waals surface area contributed by atoms with Gasteiger partial charge in [0.05, 0.1) is 32.3 Å². The maximum Gasteiger partial charge on any atom is 0.258 e. The van der Waals surface area contributed by atoms with Gasteiger partial charge in [-0.3, -0.25) is 9.59 Å². The Kier molecular flexibility index (Phi) is 18.4. The van der Waals surface area contributed by atoms with E-state index in [1.54, 1.807) is 22.7 Å². The molecule has 2 aliphatic heterocycles. The number of carbonyl (C=O) groups is 2. The summed E-state index contributed by atoms with van der Waals surface area (Å²) < 4.78 is 0. The second-order valence-corrected chi connectivity index (χ2v) is 28.1. The number of fused-ring (bicyclic) bond motifs is 1. The molecule has 0 aromatic carbocycles. The molecule has 8 aromatic rings. The topological polar surface area (TPSA) is 58.2 Å². The highest BCUT2D eigenvalue weighted by molar-refractivity contribution is 7.29. The third-order valence-electron chi connectivity index (χ3n) is 14.3. The summed E-state index contributed by atoms with van der Waals surface area (Å²) in [4.78, 5) is 46.2. The van der Waals surface area contributed by atoms with E-state index in [4.69, 9.17) is 0 Å². The van der Waals surface area contributed by atoms with Gasteiger partial charge < -0.3 is 10.6 Å². The van der Waals surface area contributed by atoms with Crippen LogP contribution in [0.2, 0.25) is 0 Å². The number of rotatable bonds is 28. The molecule has 8 aromatic heterocycles. The van der Waals surface area contributed by atoms with E-state index >= 15 is 0 Å². The summed E-state index contributed by atoms with van der Waals surface area (Å²) in [7, 11) is 0. The van der Waals surface area contributed by atoms with Crippen molar-refractivity contribution in [2.75, 3.05) is 0 Å². The normalized spacial score (nSPS) is 13.6. The summed E-state index contributed by atoms with van der Waals surface area (Å²) in [5.41, 5.74) is 7.80. The molecule has 0 aliphatic carbocycles. The highest BCUT2D eigenvalue weighted by Gasteiger charge is 2.42. The summed E-state index contributed by atoms with van der Waals surface area (Å²) in [6.07, 6.45) is 23.8. The van der Waals surface area contributed by atoms with Gasteiger partial charge in [-0.05, 0) is 157 Å². The van der Waals surface area contributed by atoms with Crippen LogP contribution in [0.1, 0.15) is 162 Å². The number of hydrogen-bond acceptors (Lipinski definition) is 10. The Bertz CT molecular complexity index is 3040. The van der Waals surface area contributed by atoms with E-state index < -0.39 is 0 Å². The van der Waals surface area contributed by atoms with Crippen molar-refractivity contribution in [2.24, 2.45) is 0 Å². The fourth-order valence-electron chi connectivity index (χ4n) is 10.3. The first kappa shape index (κ1) is 53.4. The summed E-state index contributed by atoms with van der Waals surface area (Å²) >= 11 is 14.7. The molecule has 2 amide bonds. The van der Waals surface area contributed by atoms with Gasteiger partial charge in [0.25, 0.3) is 11.8 Å². The van der Waals surface area contributed by atoms with Crippen molar-refractivity contribution in [3.8, 4) is 58.5 Å². The Morgan fingerprint density at radius 1 is 0.324 bits per heavy atom. The predicted octanol–water partition coefficient (Wildman–Crippen LogP) is 21.1. The minimum Gasteiger partial charge on any atom is -0.320 e. The second kappa shape index (κ2) is 25.4. The highest BCUT2D eigenvalue weighted by atomic mass is 32.1. The molecule has 0 saturated carbocycles. The van der Waals surface area contributed by atoms with E-state index in [1.165, 1.54) is 171 Å². The Hall–Kier alpha value is -3.98. The molecule has 0 atom stereocenters. The summed E-state index contributed by atoms with van der Waals surface area (Å²) in [5, 5.41) is 11.0. The smallest absolute Gasteiger partial charge is 0.258 e. The van der Waals surface area contributed by atoms with Crippen LogP contribution in [-0.2, 0) is 35.3 Å². The number of amides is 2. The Labute approximate surface area is 471 Å². The molecule has 0 saturated heterocycles. The van der Waals surface area contributed by atoms with E-state index in [1.807, 2.05) is 68.0 Å². The van der Waals surface area contributed by atoms with Crippen LogP contribution in [0.3, 0.4) is 0 Å². The van der Waals surface area contributed by atoms with E-state index in [-0.39, 0.29) is 11.8 Å². The molecule has 10 heterocycles. The maximum atomic E-state index is 14.3. The fourth-order valence-corrected chi connectivity index (χ4v) is 19.4. The van der Waals surface area contributed by atoms with Crippen molar-refractivity contribution < 1.29 is 9.59 Å². The molecule has 10 rings (SSSR count). The van der Waals surface area contributed by atoms with Crippen LogP contribution in [-0.4, -0.2) is 11.8 Å². The zero-order valence-corrected chi connectivity index (χ0v) is 49.8. The number of nitrogens with one attached hydrogen (secondary N) is 2. The van der Waals surface area contributed by atoms with Gasteiger partial charge >= 0.3 is 0 Å². The minimum atomic E-state index is -0.203. The maximum absolute atomic E-state index is 14.3. The average molecular weight is 1130 g/mol. The summed E-state index contributed by atoms with van der Waals surface area (Å²) in [6.45, 7) is 9.07. The molecule has 386 valence electrons. The molecular formula is C62H68N2O2S8. The SMILES string of the molecule is CCCCCCc1ccsc1-c1ccc(-c2ccc(-c3sc(C4=C5C(=O)NC(c6cc(CCCCCC)c(-c7ccc(-c8ccc(-c9sccc9CCCCCC)s8)s7)s6)=C5C(=O)N4)cc3CCCCCC)s2)s1. The molecule has 4 nitrogen and oxygen atoms in total. The second-order valence-electron chi connectivity index (χ2n) is 19.8. The van der Waals surface area contributed by atoms with E-state index in [2.05, 4.69) is 122 Å². The first-order chi connectivity index (χ1) is 36.3. The summed E-state index contributed by atoms with van der Waals surface area (Å²) in [5.74, 6) is -0.406. The zero-order valence-electron chi connectivity index (χ0n) is 43.3. The average Bonchev–Trinajstić information content (AvgIpc) is 4.25. The van der Waals surface area contributed by atoms with Crippen LogP contribution < -0.4 is 10.6 Å².